The van der Waals surface area contributed by atoms with E-state index in [1.807, 2.05) is 48.5 Å². The van der Waals surface area contributed by atoms with E-state index < -0.39 is 0 Å². The largest absolute Gasteiger partial charge is 0.481 e. The molecule has 0 aliphatic heterocycles. The van der Waals surface area contributed by atoms with Gasteiger partial charge in [0.25, 0.3) is 0 Å². The van der Waals surface area contributed by atoms with Gasteiger partial charge >= 0.3 is 0 Å². The maximum atomic E-state index is 6.65. The maximum absolute atomic E-state index is 6.65. The zero-order valence-electron chi connectivity index (χ0n) is 13.6. The molecule has 0 spiro atoms. The van der Waals surface area contributed by atoms with E-state index in [9.17, 15) is 0 Å². The number of pyridine rings is 1. The fourth-order valence-corrected chi connectivity index (χ4v) is 3.13. The van der Waals surface area contributed by atoms with E-state index in [1.165, 1.54) is 6.33 Å². The summed E-state index contributed by atoms with van der Waals surface area (Å²) in [4.78, 5) is 8.54. The summed E-state index contributed by atoms with van der Waals surface area (Å²) in [5, 5.41) is 5.74. The van der Waals surface area contributed by atoms with Gasteiger partial charge in [0.05, 0.1) is 23.3 Å². The van der Waals surface area contributed by atoms with Gasteiger partial charge in [0.1, 0.15) is 12.7 Å². The standard InChI is InChI=1S/C19H15ClN4O/c1-25-19-16(18(20)15-4-2-3-5-17(15)23-19)10-13-6-8-14(9-7-13)24-12-21-11-22-24/h2-9,11-12H,10H2,1H3. The Bertz CT molecular complexity index is 1010. The first-order chi connectivity index (χ1) is 12.3. The Morgan fingerprint density at radius 1 is 1.08 bits per heavy atom. The van der Waals surface area contributed by atoms with Crippen molar-refractivity contribution in [2.45, 2.75) is 6.42 Å². The van der Waals surface area contributed by atoms with E-state index in [0.29, 0.717) is 17.3 Å². The Balaban J connectivity index is 1.71. The zero-order chi connectivity index (χ0) is 17.2. The number of ether oxygens (including phenoxy) is 1. The summed E-state index contributed by atoms with van der Waals surface area (Å²) in [6, 6.07) is 15.9. The fourth-order valence-electron chi connectivity index (χ4n) is 2.82. The van der Waals surface area contributed by atoms with E-state index >= 15 is 0 Å². The van der Waals surface area contributed by atoms with Gasteiger partial charge in [0.15, 0.2) is 0 Å². The number of para-hydroxylation sites is 1. The number of methoxy groups -OCH3 is 1. The summed E-state index contributed by atoms with van der Waals surface area (Å²) in [5.74, 6) is 0.559. The SMILES string of the molecule is COc1nc2ccccc2c(Cl)c1Cc1ccc(-n2cncn2)cc1. The van der Waals surface area contributed by atoms with Crippen LogP contribution in [0.15, 0.2) is 61.2 Å². The van der Waals surface area contributed by atoms with Crippen LogP contribution in [0.25, 0.3) is 16.6 Å². The van der Waals surface area contributed by atoms with Crippen molar-refractivity contribution in [3.63, 3.8) is 0 Å². The van der Waals surface area contributed by atoms with E-state index in [1.54, 1.807) is 18.1 Å². The minimum atomic E-state index is 0.559. The molecule has 0 radical (unpaired) electrons. The van der Waals surface area contributed by atoms with Crippen molar-refractivity contribution in [2.75, 3.05) is 7.11 Å². The Hall–Kier alpha value is -2.92. The molecule has 0 N–H and O–H groups in total. The molecule has 0 aliphatic rings. The highest BCUT2D eigenvalue weighted by atomic mass is 35.5. The van der Waals surface area contributed by atoms with Crippen LogP contribution in [0.5, 0.6) is 5.88 Å². The highest BCUT2D eigenvalue weighted by Crippen LogP contribution is 2.33. The maximum Gasteiger partial charge on any atom is 0.218 e. The van der Waals surface area contributed by atoms with Crippen LogP contribution in [0, 0.1) is 0 Å². The summed E-state index contributed by atoms with van der Waals surface area (Å²) >= 11 is 6.65. The van der Waals surface area contributed by atoms with Crippen LogP contribution in [-0.4, -0.2) is 26.9 Å². The minimum Gasteiger partial charge on any atom is -0.481 e. The average molecular weight is 351 g/mol. The van der Waals surface area contributed by atoms with E-state index in [-0.39, 0.29) is 0 Å². The molecule has 4 aromatic rings. The van der Waals surface area contributed by atoms with Crippen molar-refractivity contribution >= 4 is 22.5 Å². The lowest BCUT2D eigenvalue weighted by Crippen LogP contribution is -2.00. The number of hydrogen-bond donors (Lipinski definition) is 0. The number of nitrogens with zero attached hydrogens (tertiary/aromatic N) is 4. The van der Waals surface area contributed by atoms with Crippen molar-refractivity contribution in [1.82, 2.24) is 19.7 Å². The van der Waals surface area contributed by atoms with Gasteiger partial charge in [-0.1, -0.05) is 41.9 Å². The van der Waals surface area contributed by atoms with Crippen LogP contribution < -0.4 is 4.74 Å². The number of halogens is 1. The molecule has 0 bridgehead atoms. The van der Waals surface area contributed by atoms with Crippen LogP contribution in [0.3, 0.4) is 0 Å². The van der Waals surface area contributed by atoms with E-state index in [0.717, 1.165) is 27.7 Å². The molecule has 0 fully saturated rings. The molecular formula is C19H15ClN4O. The van der Waals surface area contributed by atoms with Gasteiger partial charge < -0.3 is 4.74 Å². The number of rotatable bonds is 4. The Kier molecular flexibility index (Phi) is 4.07. The summed E-state index contributed by atoms with van der Waals surface area (Å²) in [6.07, 6.45) is 3.82. The molecule has 0 amide bonds. The number of fused-ring (bicyclic) bond motifs is 1. The molecule has 25 heavy (non-hydrogen) atoms. The first kappa shape index (κ1) is 15.6. The predicted octanol–water partition coefficient (Wildman–Crippen LogP) is 4.07. The summed E-state index contributed by atoms with van der Waals surface area (Å²) < 4.78 is 7.19. The third kappa shape index (κ3) is 2.94. The molecule has 0 atom stereocenters. The van der Waals surface area contributed by atoms with Crippen molar-refractivity contribution in [1.29, 1.82) is 0 Å². The molecule has 6 heteroatoms. The van der Waals surface area contributed by atoms with E-state index in [4.69, 9.17) is 16.3 Å². The third-order valence-electron chi connectivity index (χ3n) is 4.08. The smallest absolute Gasteiger partial charge is 0.218 e. The quantitative estimate of drug-likeness (QED) is 0.556. The van der Waals surface area contributed by atoms with Crippen LogP contribution >= 0.6 is 11.6 Å². The molecule has 2 aromatic carbocycles. The lowest BCUT2D eigenvalue weighted by molar-refractivity contribution is 0.395. The predicted molar refractivity (Wildman–Crippen MR) is 97.5 cm³/mol. The lowest BCUT2D eigenvalue weighted by atomic mass is 10.0. The second-order valence-corrected chi connectivity index (χ2v) is 5.99. The number of hydrogen-bond acceptors (Lipinski definition) is 4. The molecule has 124 valence electrons. The molecule has 2 aromatic heterocycles. The summed E-state index contributed by atoms with van der Waals surface area (Å²) in [5.41, 5.74) is 3.78. The average Bonchev–Trinajstić information content (AvgIpc) is 3.19. The van der Waals surface area contributed by atoms with Crippen LogP contribution in [0.2, 0.25) is 5.02 Å². The molecular weight excluding hydrogens is 336 g/mol. The second-order valence-electron chi connectivity index (χ2n) is 5.61. The third-order valence-corrected chi connectivity index (χ3v) is 4.51. The van der Waals surface area contributed by atoms with Crippen LogP contribution in [0.4, 0.5) is 0 Å². The van der Waals surface area contributed by atoms with Gasteiger partial charge in [-0.2, -0.15) is 5.10 Å². The number of benzene rings is 2. The van der Waals surface area contributed by atoms with Gasteiger partial charge in [-0.05, 0) is 23.8 Å². The summed E-state index contributed by atoms with van der Waals surface area (Å²) in [7, 11) is 1.62. The Morgan fingerprint density at radius 2 is 1.88 bits per heavy atom. The first-order valence-electron chi connectivity index (χ1n) is 7.81. The molecule has 0 aliphatic carbocycles. The Labute approximate surface area is 149 Å². The normalized spacial score (nSPS) is 11.0. The van der Waals surface area contributed by atoms with Crippen molar-refractivity contribution in [3.8, 4) is 11.6 Å². The topological polar surface area (TPSA) is 52.8 Å². The molecule has 0 unspecified atom stereocenters. The van der Waals surface area contributed by atoms with Crippen molar-refractivity contribution < 1.29 is 4.74 Å². The molecule has 2 heterocycles. The van der Waals surface area contributed by atoms with Gasteiger partial charge in [0.2, 0.25) is 5.88 Å². The van der Waals surface area contributed by atoms with Crippen molar-refractivity contribution in [3.05, 3.63) is 77.3 Å². The monoisotopic (exact) mass is 350 g/mol. The van der Waals surface area contributed by atoms with Crippen LogP contribution in [-0.2, 0) is 6.42 Å². The highest BCUT2D eigenvalue weighted by molar-refractivity contribution is 6.36. The van der Waals surface area contributed by atoms with E-state index in [2.05, 4.69) is 15.1 Å². The molecule has 0 saturated heterocycles. The van der Waals surface area contributed by atoms with Crippen LogP contribution in [0.1, 0.15) is 11.1 Å². The Morgan fingerprint density at radius 3 is 2.60 bits per heavy atom. The van der Waals surface area contributed by atoms with Gasteiger partial charge in [0, 0.05) is 17.4 Å². The fraction of sp³-hybridized carbons (Fsp3) is 0.105. The molecule has 5 nitrogen and oxygen atoms in total. The van der Waals surface area contributed by atoms with Gasteiger partial charge in [-0.3, -0.25) is 0 Å². The minimum absolute atomic E-state index is 0.559. The second kappa shape index (κ2) is 6.53. The van der Waals surface area contributed by atoms with Gasteiger partial charge in [-0.25, -0.2) is 14.6 Å². The summed E-state index contributed by atoms with van der Waals surface area (Å²) in [6.45, 7) is 0. The molecule has 0 saturated carbocycles. The lowest BCUT2D eigenvalue weighted by Gasteiger charge is -2.12. The number of aromatic nitrogens is 4. The van der Waals surface area contributed by atoms with Gasteiger partial charge in [-0.15, -0.1) is 0 Å². The zero-order valence-corrected chi connectivity index (χ0v) is 14.3. The van der Waals surface area contributed by atoms with Crippen molar-refractivity contribution in [2.24, 2.45) is 0 Å². The molecule has 4 rings (SSSR count). The first-order valence-corrected chi connectivity index (χ1v) is 8.19. The highest BCUT2D eigenvalue weighted by Gasteiger charge is 2.14.